The van der Waals surface area contributed by atoms with Crippen molar-refractivity contribution in [3.8, 4) is 0 Å². The lowest BCUT2D eigenvalue weighted by molar-refractivity contribution is -0.126. The molecule has 6 nitrogen and oxygen atoms in total. The largest absolute Gasteiger partial charge is 0.348 e. The van der Waals surface area contributed by atoms with Crippen molar-refractivity contribution in [2.24, 2.45) is 5.73 Å². The summed E-state index contributed by atoms with van der Waals surface area (Å²) in [7, 11) is 0. The van der Waals surface area contributed by atoms with Crippen LogP contribution in [-0.2, 0) is 14.4 Å². The average Bonchev–Trinajstić information content (AvgIpc) is 2.21. The van der Waals surface area contributed by atoms with Crippen molar-refractivity contribution >= 4 is 30.7 Å². The number of hydrogen-bond donors (Lipinski definition) is 4. The molecule has 80 valence electrons. The van der Waals surface area contributed by atoms with E-state index in [9.17, 15) is 14.4 Å². The molecule has 0 radical (unpaired) electrons. The number of carbonyl (C=O) groups excluding carboxylic acids is 3. The Kier molecular flexibility index (Phi) is 6.77. The quantitative estimate of drug-likeness (QED) is 0.297. The highest BCUT2D eigenvalue weighted by molar-refractivity contribution is 7.80. The smallest absolute Gasteiger partial charge is 0.239 e. The first-order valence-electron chi connectivity index (χ1n) is 3.96. The molecule has 0 aromatic heterocycles. The van der Waals surface area contributed by atoms with E-state index in [0.29, 0.717) is 6.29 Å². The lowest BCUT2D eigenvalue weighted by atomic mass is 10.3. The number of thiol groups is 1. The minimum Gasteiger partial charge on any atom is -0.348 e. The first-order chi connectivity index (χ1) is 6.61. The molecular weight excluding hydrogens is 206 g/mol. The van der Waals surface area contributed by atoms with Crippen molar-refractivity contribution < 1.29 is 14.4 Å². The summed E-state index contributed by atoms with van der Waals surface area (Å²) in [5.74, 6) is -0.667. The van der Waals surface area contributed by atoms with E-state index in [1.807, 2.05) is 0 Å². The van der Waals surface area contributed by atoms with Crippen molar-refractivity contribution in [3.05, 3.63) is 0 Å². The Hall–Kier alpha value is -1.08. The topological polar surface area (TPSA) is 101 Å². The van der Waals surface area contributed by atoms with Crippen LogP contribution in [0.1, 0.15) is 0 Å². The monoisotopic (exact) mass is 219 g/mol. The second-order valence-corrected chi connectivity index (χ2v) is 2.84. The second kappa shape index (κ2) is 7.34. The maximum atomic E-state index is 11.0. The summed E-state index contributed by atoms with van der Waals surface area (Å²) < 4.78 is 0. The predicted octanol–water partition coefficient (Wildman–Crippen LogP) is -2.33. The highest BCUT2D eigenvalue weighted by atomic mass is 32.1. The predicted molar refractivity (Wildman–Crippen MR) is 53.9 cm³/mol. The summed E-state index contributed by atoms with van der Waals surface area (Å²) in [6.07, 6.45) is 0.555. The van der Waals surface area contributed by atoms with E-state index in [1.165, 1.54) is 0 Å². The second-order valence-electron chi connectivity index (χ2n) is 2.48. The number of rotatable bonds is 6. The van der Waals surface area contributed by atoms with Gasteiger partial charge in [-0.3, -0.25) is 9.59 Å². The third-order valence-corrected chi connectivity index (χ3v) is 1.73. The van der Waals surface area contributed by atoms with Crippen molar-refractivity contribution in [3.63, 3.8) is 0 Å². The summed E-state index contributed by atoms with van der Waals surface area (Å²) in [6.45, 7) is -0.249. The SMILES string of the molecule is NC(CS)C(=O)NCC(=O)NCC=O. The van der Waals surface area contributed by atoms with E-state index >= 15 is 0 Å². The maximum Gasteiger partial charge on any atom is 0.239 e. The van der Waals surface area contributed by atoms with Crippen molar-refractivity contribution in [2.75, 3.05) is 18.8 Å². The number of nitrogens with one attached hydrogen (secondary N) is 2. The summed E-state index contributed by atoms with van der Waals surface area (Å²) in [5, 5.41) is 4.56. The first-order valence-corrected chi connectivity index (χ1v) is 4.59. The molecule has 0 aliphatic rings. The van der Waals surface area contributed by atoms with Gasteiger partial charge in [-0.1, -0.05) is 0 Å². The normalized spacial score (nSPS) is 11.6. The molecule has 0 saturated carbocycles. The molecule has 0 spiro atoms. The molecule has 2 amide bonds. The van der Waals surface area contributed by atoms with Gasteiger partial charge in [0.1, 0.15) is 6.29 Å². The van der Waals surface area contributed by atoms with E-state index in [1.54, 1.807) is 0 Å². The van der Waals surface area contributed by atoms with Crippen molar-refractivity contribution in [1.82, 2.24) is 10.6 Å². The fraction of sp³-hybridized carbons (Fsp3) is 0.571. The van der Waals surface area contributed by atoms with E-state index in [4.69, 9.17) is 5.73 Å². The third kappa shape index (κ3) is 5.55. The molecule has 4 N–H and O–H groups in total. The van der Waals surface area contributed by atoms with Gasteiger partial charge in [0.15, 0.2) is 0 Å². The minimum absolute atomic E-state index is 0.0622. The van der Waals surface area contributed by atoms with Crippen molar-refractivity contribution in [1.29, 1.82) is 0 Å². The molecule has 0 aliphatic heterocycles. The lowest BCUT2D eigenvalue weighted by Crippen LogP contribution is -2.45. The number of carbonyl (C=O) groups is 3. The van der Waals surface area contributed by atoms with Gasteiger partial charge >= 0.3 is 0 Å². The van der Waals surface area contributed by atoms with Crippen LogP contribution in [0.5, 0.6) is 0 Å². The highest BCUT2D eigenvalue weighted by Crippen LogP contribution is 1.82. The van der Waals surface area contributed by atoms with Gasteiger partial charge in [0.05, 0.1) is 19.1 Å². The van der Waals surface area contributed by atoms with E-state index < -0.39 is 17.9 Å². The number of hydrogen-bond acceptors (Lipinski definition) is 5. The Bertz CT molecular complexity index is 222. The van der Waals surface area contributed by atoms with Gasteiger partial charge in [0, 0.05) is 5.75 Å². The van der Waals surface area contributed by atoms with E-state index in [-0.39, 0.29) is 18.8 Å². The molecule has 0 aliphatic carbocycles. The molecule has 0 aromatic rings. The average molecular weight is 219 g/mol. The molecule has 0 heterocycles. The molecule has 0 fully saturated rings. The van der Waals surface area contributed by atoms with Crippen LogP contribution in [0.25, 0.3) is 0 Å². The van der Waals surface area contributed by atoms with Gasteiger partial charge in [-0.25, -0.2) is 0 Å². The fourth-order valence-corrected chi connectivity index (χ4v) is 0.765. The zero-order chi connectivity index (χ0) is 11.0. The van der Waals surface area contributed by atoms with E-state index in [0.717, 1.165) is 0 Å². The zero-order valence-corrected chi connectivity index (χ0v) is 8.42. The first kappa shape index (κ1) is 12.9. The molecule has 14 heavy (non-hydrogen) atoms. The Labute approximate surface area is 87.0 Å². The van der Waals surface area contributed by atoms with Crippen LogP contribution in [0.3, 0.4) is 0 Å². The molecule has 0 rings (SSSR count). The van der Waals surface area contributed by atoms with Crippen LogP contribution in [0.2, 0.25) is 0 Å². The van der Waals surface area contributed by atoms with Crippen LogP contribution in [0.15, 0.2) is 0 Å². The van der Waals surface area contributed by atoms with Crippen LogP contribution in [0.4, 0.5) is 0 Å². The Morgan fingerprint density at radius 2 is 2.07 bits per heavy atom. The summed E-state index contributed by atoms with van der Waals surface area (Å²) in [5.41, 5.74) is 5.33. The third-order valence-electron chi connectivity index (χ3n) is 1.34. The minimum atomic E-state index is -0.725. The molecular formula is C7H13N3O3S. The maximum absolute atomic E-state index is 11.0. The number of amides is 2. The molecule has 0 bridgehead atoms. The van der Waals surface area contributed by atoms with Crippen molar-refractivity contribution in [2.45, 2.75) is 6.04 Å². The zero-order valence-electron chi connectivity index (χ0n) is 7.53. The van der Waals surface area contributed by atoms with Gasteiger partial charge < -0.3 is 21.2 Å². The number of aldehydes is 1. The van der Waals surface area contributed by atoms with Crippen LogP contribution >= 0.6 is 12.6 Å². The fourth-order valence-electron chi connectivity index (χ4n) is 0.599. The van der Waals surface area contributed by atoms with Crippen LogP contribution in [0, 0.1) is 0 Å². The van der Waals surface area contributed by atoms with Crippen LogP contribution in [-0.4, -0.2) is 43.0 Å². The summed E-state index contributed by atoms with van der Waals surface area (Å²) in [6, 6.07) is -0.725. The standard InChI is InChI=1S/C7H13N3O3S/c8-5(4-14)7(13)10-3-6(12)9-1-2-11/h2,5,14H,1,3-4,8H2,(H,9,12)(H,10,13). The van der Waals surface area contributed by atoms with E-state index in [2.05, 4.69) is 23.3 Å². The van der Waals surface area contributed by atoms with Crippen LogP contribution < -0.4 is 16.4 Å². The Balaban J connectivity index is 3.66. The Morgan fingerprint density at radius 1 is 1.43 bits per heavy atom. The molecule has 1 atom stereocenters. The summed E-state index contributed by atoms with van der Waals surface area (Å²) >= 11 is 3.82. The molecule has 7 heteroatoms. The molecule has 0 aromatic carbocycles. The molecule has 0 saturated heterocycles. The lowest BCUT2D eigenvalue weighted by Gasteiger charge is -2.08. The van der Waals surface area contributed by atoms with Gasteiger partial charge in [0.25, 0.3) is 0 Å². The van der Waals surface area contributed by atoms with Gasteiger partial charge in [-0.05, 0) is 0 Å². The summed E-state index contributed by atoms with van der Waals surface area (Å²) in [4.78, 5) is 31.8. The molecule has 1 unspecified atom stereocenters. The van der Waals surface area contributed by atoms with Gasteiger partial charge in [0.2, 0.25) is 11.8 Å². The highest BCUT2D eigenvalue weighted by Gasteiger charge is 2.11. The number of nitrogens with two attached hydrogens (primary N) is 1. The Morgan fingerprint density at radius 3 is 2.57 bits per heavy atom. The van der Waals surface area contributed by atoms with Gasteiger partial charge in [-0.15, -0.1) is 0 Å². The van der Waals surface area contributed by atoms with Gasteiger partial charge in [-0.2, -0.15) is 12.6 Å².